The van der Waals surface area contributed by atoms with Crippen LogP contribution in [0.1, 0.15) is 42.9 Å². The van der Waals surface area contributed by atoms with Crippen LogP contribution < -0.4 is 0 Å². The van der Waals surface area contributed by atoms with Crippen LogP contribution in [0.25, 0.3) is 0 Å². The van der Waals surface area contributed by atoms with Crippen molar-refractivity contribution in [3.8, 4) is 0 Å². The molecule has 1 aromatic rings. The zero-order valence-electron chi connectivity index (χ0n) is 14.5. The number of aryl methyl sites for hydroxylation is 1. The van der Waals surface area contributed by atoms with Crippen LogP contribution >= 0.6 is 0 Å². The number of hydrogen-bond acceptors (Lipinski definition) is 3. The van der Waals surface area contributed by atoms with E-state index in [4.69, 9.17) is 4.74 Å². The van der Waals surface area contributed by atoms with Gasteiger partial charge in [-0.25, -0.2) is 0 Å². The lowest BCUT2D eigenvalue weighted by atomic mass is 9.96. The van der Waals surface area contributed by atoms with Gasteiger partial charge in [0.1, 0.15) is 6.61 Å². The van der Waals surface area contributed by atoms with Gasteiger partial charge in [0.15, 0.2) is 6.10 Å². The summed E-state index contributed by atoms with van der Waals surface area (Å²) in [5.41, 5.74) is 2.10. The van der Waals surface area contributed by atoms with Gasteiger partial charge >= 0.3 is 0 Å². The van der Waals surface area contributed by atoms with Gasteiger partial charge in [-0.2, -0.15) is 0 Å². The first-order valence-corrected chi connectivity index (χ1v) is 8.80. The van der Waals surface area contributed by atoms with Crippen molar-refractivity contribution in [3.05, 3.63) is 35.4 Å². The van der Waals surface area contributed by atoms with Crippen molar-refractivity contribution in [2.45, 2.75) is 44.8 Å². The molecule has 2 fully saturated rings. The molecule has 2 amide bonds. The van der Waals surface area contributed by atoms with Gasteiger partial charge in [-0.05, 0) is 25.3 Å². The highest BCUT2D eigenvalue weighted by Gasteiger charge is 2.41. The topological polar surface area (TPSA) is 49.9 Å². The predicted molar refractivity (Wildman–Crippen MR) is 91.5 cm³/mol. The molecule has 0 unspecified atom stereocenters. The first-order chi connectivity index (χ1) is 11.6. The largest absolute Gasteiger partial charge is 0.356 e. The van der Waals surface area contributed by atoms with Gasteiger partial charge in [0.25, 0.3) is 5.91 Å². The molecule has 1 aromatic carbocycles. The monoisotopic (exact) mass is 330 g/mol. The average molecular weight is 330 g/mol. The van der Waals surface area contributed by atoms with Crippen molar-refractivity contribution in [1.29, 1.82) is 0 Å². The Hall–Kier alpha value is -1.88. The minimum Gasteiger partial charge on any atom is -0.356 e. The third kappa shape index (κ3) is 3.46. The van der Waals surface area contributed by atoms with E-state index in [0.717, 1.165) is 37.1 Å². The van der Waals surface area contributed by atoms with Crippen LogP contribution in [-0.4, -0.2) is 54.5 Å². The van der Waals surface area contributed by atoms with E-state index in [1.54, 1.807) is 11.9 Å². The average Bonchev–Trinajstić information content (AvgIpc) is 2.87. The quantitative estimate of drug-likeness (QED) is 0.836. The zero-order valence-corrected chi connectivity index (χ0v) is 14.5. The van der Waals surface area contributed by atoms with Crippen LogP contribution in [0.2, 0.25) is 0 Å². The van der Waals surface area contributed by atoms with Crippen molar-refractivity contribution in [2.75, 3.05) is 26.7 Å². The molecule has 130 valence electrons. The van der Waals surface area contributed by atoms with E-state index in [-0.39, 0.29) is 24.5 Å². The first kappa shape index (κ1) is 17.0. The van der Waals surface area contributed by atoms with Crippen LogP contribution in [-0.2, 0) is 14.3 Å². The lowest BCUT2D eigenvalue weighted by molar-refractivity contribution is -0.167. The molecule has 0 spiro atoms. The number of carbonyl (C=O) groups excluding carboxylic acids is 2. The Morgan fingerprint density at radius 2 is 1.71 bits per heavy atom. The van der Waals surface area contributed by atoms with E-state index in [1.807, 2.05) is 36.1 Å². The van der Waals surface area contributed by atoms with Gasteiger partial charge in [-0.1, -0.05) is 42.7 Å². The van der Waals surface area contributed by atoms with Crippen LogP contribution in [0.4, 0.5) is 0 Å². The van der Waals surface area contributed by atoms with E-state index >= 15 is 0 Å². The van der Waals surface area contributed by atoms with E-state index < -0.39 is 6.10 Å². The van der Waals surface area contributed by atoms with Gasteiger partial charge in [0, 0.05) is 20.1 Å². The van der Waals surface area contributed by atoms with Crippen LogP contribution in [0.3, 0.4) is 0 Å². The van der Waals surface area contributed by atoms with Crippen LogP contribution in [0.15, 0.2) is 24.3 Å². The van der Waals surface area contributed by atoms with Gasteiger partial charge in [-0.3, -0.25) is 9.59 Å². The number of likely N-dealkylation sites (tertiary alicyclic amines) is 1. The Balaban J connectivity index is 1.86. The maximum atomic E-state index is 13.1. The highest BCUT2D eigenvalue weighted by molar-refractivity contribution is 5.86. The molecule has 5 nitrogen and oxygen atoms in total. The second-order valence-corrected chi connectivity index (χ2v) is 6.83. The molecule has 2 heterocycles. The molecular weight excluding hydrogens is 304 g/mol. The molecule has 2 atom stereocenters. The standard InChI is InChI=1S/C19H26N2O3/c1-14-7-9-15(10-8-14)17-18(24-13-16(22)20(17)2)19(23)21-11-5-3-4-6-12-21/h7-10,17-18H,3-6,11-13H2,1-2H3/t17-,18-/m1/s1. The summed E-state index contributed by atoms with van der Waals surface area (Å²) in [6.45, 7) is 3.58. The number of rotatable bonds is 2. The second-order valence-electron chi connectivity index (χ2n) is 6.83. The molecule has 0 N–H and O–H groups in total. The summed E-state index contributed by atoms with van der Waals surface area (Å²) in [6.07, 6.45) is 3.82. The minimum absolute atomic E-state index is 0.0156. The molecule has 0 saturated carbocycles. The molecule has 24 heavy (non-hydrogen) atoms. The van der Waals surface area contributed by atoms with E-state index in [1.165, 1.54) is 12.8 Å². The molecule has 0 aromatic heterocycles. The SMILES string of the molecule is Cc1ccc([C@@H]2[C@H](C(=O)N3CCCCCC3)OCC(=O)N2C)cc1. The number of benzene rings is 1. The summed E-state index contributed by atoms with van der Waals surface area (Å²) in [5.74, 6) is -0.0673. The molecule has 3 rings (SSSR count). The molecular formula is C19H26N2O3. The fraction of sp³-hybridized carbons (Fsp3) is 0.579. The van der Waals surface area contributed by atoms with Crippen molar-refractivity contribution in [1.82, 2.24) is 9.80 Å². The minimum atomic E-state index is -0.617. The van der Waals surface area contributed by atoms with E-state index in [9.17, 15) is 9.59 Å². The number of amides is 2. The third-order valence-corrected chi connectivity index (χ3v) is 5.06. The van der Waals surface area contributed by atoms with Crippen molar-refractivity contribution >= 4 is 11.8 Å². The van der Waals surface area contributed by atoms with Gasteiger partial charge in [0.2, 0.25) is 5.91 Å². The van der Waals surface area contributed by atoms with Crippen molar-refractivity contribution < 1.29 is 14.3 Å². The molecule has 0 bridgehead atoms. The predicted octanol–water partition coefficient (Wildman–Crippen LogP) is 2.30. The van der Waals surface area contributed by atoms with Gasteiger partial charge in [-0.15, -0.1) is 0 Å². The fourth-order valence-electron chi connectivity index (χ4n) is 3.55. The Bertz CT molecular complexity index is 591. The van der Waals surface area contributed by atoms with Crippen LogP contribution in [0.5, 0.6) is 0 Å². The van der Waals surface area contributed by atoms with Gasteiger partial charge < -0.3 is 14.5 Å². The Kier molecular flexibility index (Phi) is 5.19. The van der Waals surface area contributed by atoms with Crippen molar-refractivity contribution in [3.63, 3.8) is 0 Å². The zero-order chi connectivity index (χ0) is 17.1. The third-order valence-electron chi connectivity index (χ3n) is 5.06. The molecule has 2 saturated heterocycles. The Morgan fingerprint density at radius 3 is 2.33 bits per heavy atom. The van der Waals surface area contributed by atoms with Crippen molar-refractivity contribution in [2.24, 2.45) is 0 Å². The smallest absolute Gasteiger partial charge is 0.254 e. The first-order valence-electron chi connectivity index (χ1n) is 8.80. The molecule has 2 aliphatic heterocycles. The summed E-state index contributed by atoms with van der Waals surface area (Å²) in [5, 5.41) is 0. The van der Waals surface area contributed by atoms with E-state index in [0.29, 0.717) is 0 Å². The highest BCUT2D eigenvalue weighted by atomic mass is 16.5. The lowest BCUT2D eigenvalue weighted by Gasteiger charge is -2.40. The van der Waals surface area contributed by atoms with Crippen LogP contribution in [0, 0.1) is 6.92 Å². The second kappa shape index (κ2) is 7.34. The molecule has 2 aliphatic rings. The number of carbonyl (C=O) groups is 2. The normalized spacial score (nSPS) is 25.5. The maximum Gasteiger partial charge on any atom is 0.254 e. The summed E-state index contributed by atoms with van der Waals surface area (Å²) in [7, 11) is 1.76. The number of ether oxygens (including phenoxy) is 1. The molecule has 5 heteroatoms. The number of hydrogen-bond donors (Lipinski definition) is 0. The lowest BCUT2D eigenvalue weighted by Crippen LogP contribution is -2.54. The summed E-state index contributed by atoms with van der Waals surface area (Å²) in [4.78, 5) is 28.8. The Labute approximate surface area is 143 Å². The highest BCUT2D eigenvalue weighted by Crippen LogP contribution is 2.31. The Morgan fingerprint density at radius 1 is 1.08 bits per heavy atom. The summed E-state index contributed by atoms with van der Waals surface area (Å²) < 4.78 is 5.73. The van der Waals surface area contributed by atoms with Gasteiger partial charge in [0.05, 0.1) is 6.04 Å². The molecule has 0 aliphatic carbocycles. The molecule has 0 radical (unpaired) electrons. The summed E-state index contributed by atoms with van der Waals surface area (Å²) in [6, 6.07) is 7.64. The number of morpholine rings is 1. The fourth-order valence-corrected chi connectivity index (χ4v) is 3.55. The maximum absolute atomic E-state index is 13.1. The number of likely N-dealkylation sites (N-methyl/N-ethyl adjacent to an activating group) is 1. The number of nitrogens with zero attached hydrogens (tertiary/aromatic N) is 2. The van der Waals surface area contributed by atoms with E-state index in [2.05, 4.69) is 0 Å². The summed E-state index contributed by atoms with van der Waals surface area (Å²) >= 11 is 0.